The molecule has 0 spiro atoms. The van der Waals surface area contributed by atoms with E-state index in [1.54, 1.807) is 24.0 Å². The van der Waals surface area contributed by atoms with Gasteiger partial charge in [0.2, 0.25) is 5.91 Å². The van der Waals surface area contributed by atoms with Gasteiger partial charge in [-0.25, -0.2) is 0 Å². The van der Waals surface area contributed by atoms with Gasteiger partial charge in [-0.15, -0.1) is 0 Å². The number of carbonyl (C=O) groups excluding carboxylic acids is 1. The topological polar surface area (TPSA) is 49.8 Å². The maximum absolute atomic E-state index is 12.1. The summed E-state index contributed by atoms with van der Waals surface area (Å²) in [5, 5.41) is 9.54. The highest BCUT2D eigenvalue weighted by Crippen LogP contribution is 2.21. The van der Waals surface area contributed by atoms with Gasteiger partial charge < -0.3 is 14.7 Å². The Balaban J connectivity index is 1.79. The quantitative estimate of drug-likeness (QED) is 0.877. The summed E-state index contributed by atoms with van der Waals surface area (Å²) in [5.41, 5.74) is 0.904. The maximum Gasteiger partial charge on any atom is 0.387 e. The predicted octanol–water partition coefficient (Wildman–Crippen LogP) is 2.45. The molecule has 2 rings (SSSR count). The fourth-order valence-electron chi connectivity index (χ4n) is 2.65. The number of aliphatic hydroxyl groups excluding tert-OH is 1. The molecule has 1 N–H and O–H groups in total. The van der Waals surface area contributed by atoms with Gasteiger partial charge >= 0.3 is 6.61 Å². The van der Waals surface area contributed by atoms with Gasteiger partial charge in [0.25, 0.3) is 0 Å². The molecule has 1 aromatic rings. The lowest BCUT2D eigenvalue weighted by Crippen LogP contribution is -2.30. The molecule has 1 fully saturated rings. The second-order valence-electron chi connectivity index (χ2n) is 5.65. The fraction of sp³-hybridized carbons (Fsp3) is 0.562. The molecule has 1 aliphatic rings. The lowest BCUT2D eigenvalue weighted by Gasteiger charge is -2.17. The number of rotatable bonds is 6. The fourth-order valence-corrected chi connectivity index (χ4v) is 2.65. The number of likely N-dealkylation sites (tertiary alicyclic amines) is 1. The molecule has 1 amide bonds. The minimum atomic E-state index is -2.83. The first-order valence-corrected chi connectivity index (χ1v) is 7.45. The zero-order chi connectivity index (χ0) is 16.1. The molecule has 122 valence electrons. The molecule has 0 radical (unpaired) electrons. The number of alkyl halides is 2. The first-order chi connectivity index (χ1) is 10.5. The van der Waals surface area contributed by atoms with E-state index >= 15 is 0 Å². The van der Waals surface area contributed by atoms with Crippen LogP contribution < -0.4 is 4.74 Å². The van der Waals surface area contributed by atoms with Crippen LogP contribution >= 0.6 is 0 Å². The standard InChI is InChI=1S/C16H21F2NO3/c1-11(20)13-8-9-19(10-13)15(21)7-4-12-2-5-14(6-3-12)22-16(17)18/h2-3,5-6,11,13,16,20H,4,7-10H2,1H3. The van der Waals surface area contributed by atoms with Crippen LogP contribution in [0.2, 0.25) is 0 Å². The second-order valence-corrected chi connectivity index (χ2v) is 5.65. The van der Waals surface area contributed by atoms with Crippen LogP contribution in [-0.4, -0.2) is 41.7 Å². The Morgan fingerprint density at radius 3 is 2.64 bits per heavy atom. The lowest BCUT2D eigenvalue weighted by atomic mass is 10.0. The van der Waals surface area contributed by atoms with Gasteiger partial charge in [-0.3, -0.25) is 4.79 Å². The van der Waals surface area contributed by atoms with Crippen LogP contribution in [0.3, 0.4) is 0 Å². The van der Waals surface area contributed by atoms with Crippen molar-refractivity contribution in [2.45, 2.75) is 38.9 Å². The Hall–Kier alpha value is -1.69. The smallest absolute Gasteiger partial charge is 0.387 e. The molecule has 0 aromatic heterocycles. The van der Waals surface area contributed by atoms with Crippen molar-refractivity contribution in [3.05, 3.63) is 29.8 Å². The highest BCUT2D eigenvalue weighted by atomic mass is 19.3. The van der Waals surface area contributed by atoms with Gasteiger partial charge in [0.1, 0.15) is 5.75 Å². The number of benzene rings is 1. The molecule has 0 saturated carbocycles. The van der Waals surface area contributed by atoms with Crippen molar-refractivity contribution in [3.8, 4) is 5.75 Å². The molecule has 2 atom stereocenters. The monoisotopic (exact) mass is 313 g/mol. The van der Waals surface area contributed by atoms with Gasteiger partial charge in [-0.2, -0.15) is 8.78 Å². The molecule has 2 unspecified atom stereocenters. The first kappa shape index (κ1) is 16.7. The number of nitrogens with zero attached hydrogens (tertiary/aromatic N) is 1. The van der Waals surface area contributed by atoms with Crippen molar-refractivity contribution < 1.29 is 23.4 Å². The summed E-state index contributed by atoms with van der Waals surface area (Å²) in [6.07, 6.45) is 1.38. The van der Waals surface area contributed by atoms with Crippen LogP contribution in [0.4, 0.5) is 8.78 Å². The number of hydrogen-bond acceptors (Lipinski definition) is 3. The molecule has 1 saturated heterocycles. The van der Waals surface area contributed by atoms with Crippen molar-refractivity contribution in [1.29, 1.82) is 0 Å². The van der Waals surface area contributed by atoms with Crippen LogP contribution in [0.5, 0.6) is 5.75 Å². The average Bonchev–Trinajstić information content (AvgIpc) is 2.96. The minimum Gasteiger partial charge on any atom is -0.435 e. The summed E-state index contributed by atoms with van der Waals surface area (Å²) in [6, 6.07) is 6.33. The van der Waals surface area contributed by atoms with Gasteiger partial charge in [-0.05, 0) is 37.5 Å². The number of aryl methyl sites for hydroxylation is 1. The van der Waals surface area contributed by atoms with E-state index in [2.05, 4.69) is 4.74 Å². The normalized spacial score (nSPS) is 19.5. The van der Waals surface area contributed by atoms with Crippen molar-refractivity contribution in [2.24, 2.45) is 5.92 Å². The molecule has 22 heavy (non-hydrogen) atoms. The number of halogens is 2. The van der Waals surface area contributed by atoms with Crippen molar-refractivity contribution in [3.63, 3.8) is 0 Å². The molecule has 1 aliphatic heterocycles. The van der Waals surface area contributed by atoms with E-state index in [1.807, 2.05) is 0 Å². The van der Waals surface area contributed by atoms with Gasteiger partial charge in [0.05, 0.1) is 6.10 Å². The van der Waals surface area contributed by atoms with E-state index < -0.39 is 6.61 Å². The number of hydrogen-bond donors (Lipinski definition) is 1. The van der Waals surface area contributed by atoms with Crippen LogP contribution in [0.25, 0.3) is 0 Å². The van der Waals surface area contributed by atoms with E-state index in [0.29, 0.717) is 25.9 Å². The summed E-state index contributed by atoms with van der Waals surface area (Å²) in [7, 11) is 0. The third kappa shape index (κ3) is 4.66. The highest BCUT2D eigenvalue weighted by Gasteiger charge is 2.28. The zero-order valence-corrected chi connectivity index (χ0v) is 12.5. The zero-order valence-electron chi connectivity index (χ0n) is 12.5. The number of aliphatic hydroxyl groups is 1. The number of amides is 1. The van der Waals surface area contributed by atoms with Crippen LogP contribution in [-0.2, 0) is 11.2 Å². The summed E-state index contributed by atoms with van der Waals surface area (Å²) in [6.45, 7) is 0.221. The third-order valence-corrected chi connectivity index (χ3v) is 4.04. The summed E-state index contributed by atoms with van der Waals surface area (Å²) >= 11 is 0. The van der Waals surface area contributed by atoms with Crippen LogP contribution in [0.1, 0.15) is 25.3 Å². The Morgan fingerprint density at radius 1 is 1.41 bits per heavy atom. The van der Waals surface area contributed by atoms with Gasteiger partial charge in [0.15, 0.2) is 0 Å². The van der Waals surface area contributed by atoms with E-state index in [-0.39, 0.29) is 23.7 Å². The maximum atomic E-state index is 12.1. The molecule has 0 aliphatic carbocycles. The Bertz CT molecular complexity index is 491. The summed E-state index contributed by atoms with van der Waals surface area (Å²) < 4.78 is 28.4. The number of carbonyl (C=O) groups is 1. The molecular weight excluding hydrogens is 292 g/mol. The summed E-state index contributed by atoms with van der Waals surface area (Å²) in [5.74, 6) is 0.343. The Kier molecular flexibility index (Phi) is 5.71. The van der Waals surface area contributed by atoms with Crippen molar-refractivity contribution in [1.82, 2.24) is 4.90 Å². The van der Waals surface area contributed by atoms with Crippen LogP contribution in [0, 0.1) is 5.92 Å². The minimum absolute atomic E-state index is 0.0658. The Labute approximate surface area is 128 Å². The van der Waals surface area contributed by atoms with E-state index in [9.17, 15) is 18.7 Å². The molecule has 1 aromatic carbocycles. The van der Waals surface area contributed by atoms with Crippen molar-refractivity contribution in [2.75, 3.05) is 13.1 Å². The summed E-state index contributed by atoms with van der Waals surface area (Å²) in [4.78, 5) is 13.9. The SMILES string of the molecule is CC(O)C1CCN(C(=O)CCc2ccc(OC(F)F)cc2)C1. The predicted molar refractivity (Wildman–Crippen MR) is 77.8 cm³/mol. The first-order valence-electron chi connectivity index (χ1n) is 7.45. The third-order valence-electron chi connectivity index (χ3n) is 4.04. The Morgan fingerprint density at radius 2 is 2.09 bits per heavy atom. The lowest BCUT2D eigenvalue weighted by molar-refractivity contribution is -0.130. The highest BCUT2D eigenvalue weighted by molar-refractivity contribution is 5.76. The molecule has 4 nitrogen and oxygen atoms in total. The largest absolute Gasteiger partial charge is 0.435 e. The van der Waals surface area contributed by atoms with E-state index in [4.69, 9.17) is 0 Å². The van der Waals surface area contributed by atoms with Gasteiger partial charge in [-0.1, -0.05) is 12.1 Å². The van der Waals surface area contributed by atoms with E-state index in [0.717, 1.165) is 12.0 Å². The molecule has 6 heteroatoms. The van der Waals surface area contributed by atoms with Crippen LogP contribution in [0.15, 0.2) is 24.3 Å². The van der Waals surface area contributed by atoms with E-state index in [1.165, 1.54) is 12.1 Å². The molecular formula is C16H21F2NO3. The van der Waals surface area contributed by atoms with Crippen molar-refractivity contribution >= 4 is 5.91 Å². The molecule has 1 heterocycles. The number of ether oxygens (including phenoxy) is 1. The van der Waals surface area contributed by atoms with Gasteiger partial charge in [0, 0.05) is 25.4 Å². The second kappa shape index (κ2) is 7.54. The molecule has 0 bridgehead atoms. The average molecular weight is 313 g/mol.